The molecule has 4 aromatic rings. The first-order chi connectivity index (χ1) is 15.0. The van der Waals surface area contributed by atoms with Crippen LogP contribution in [0.3, 0.4) is 0 Å². The number of carbonyl (C=O) groups is 2. The van der Waals surface area contributed by atoms with Gasteiger partial charge in [-0.2, -0.15) is 0 Å². The number of anilines is 2. The highest BCUT2D eigenvalue weighted by Gasteiger charge is 2.17. The average Bonchev–Trinajstić information content (AvgIpc) is 3.44. The SMILES string of the molecule is COc1ccc2nc(NC(=O)C(C)Sc3ccc(NC(=O)c4cccs4)cc3)sc2c1. The van der Waals surface area contributed by atoms with Crippen molar-refractivity contribution >= 4 is 67.3 Å². The molecule has 2 aromatic carbocycles. The second-order valence-corrected chi connectivity index (χ2v) is 9.95. The number of hydrogen-bond donors (Lipinski definition) is 2. The zero-order valence-corrected chi connectivity index (χ0v) is 19.2. The Morgan fingerprint density at radius 1 is 1.10 bits per heavy atom. The van der Waals surface area contributed by atoms with Gasteiger partial charge in [-0.25, -0.2) is 4.98 Å². The van der Waals surface area contributed by atoms with Crippen molar-refractivity contribution in [1.82, 2.24) is 4.98 Å². The summed E-state index contributed by atoms with van der Waals surface area (Å²) in [4.78, 5) is 30.8. The first kappa shape index (κ1) is 21.4. The van der Waals surface area contributed by atoms with Crippen LogP contribution in [0.5, 0.6) is 5.75 Å². The number of thioether (sulfide) groups is 1. The maximum atomic E-state index is 12.6. The van der Waals surface area contributed by atoms with Crippen molar-refractivity contribution in [1.29, 1.82) is 0 Å². The molecule has 0 aliphatic carbocycles. The third-order valence-electron chi connectivity index (χ3n) is 4.36. The molecule has 0 aliphatic rings. The number of amides is 2. The fourth-order valence-electron chi connectivity index (χ4n) is 2.77. The van der Waals surface area contributed by atoms with Crippen LogP contribution in [0, 0.1) is 0 Å². The molecule has 158 valence electrons. The maximum absolute atomic E-state index is 12.6. The molecule has 0 spiro atoms. The van der Waals surface area contributed by atoms with Crippen LogP contribution in [0.1, 0.15) is 16.6 Å². The summed E-state index contributed by atoms with van der Waals surface area (Å²) in [5, 5.41) is 7.88. The van der Waals surface area contributed by atoms with Gasteiger partial charge in [0.25, 0.3) is 5.91 Å². The fourth-order valence-corrected chi connectivity index (χ4v) is 5.15. The van der Waals surface area contributed by atoms with E-state index in [1.54, 1.807) is 13.2 Å². The summed E-state index contributed by atoms with van der Waals surface area (Å²) >= 11 is 4.25. The number of carbonyl (C=O) groups excluding carboxylic acids is 2. The van der Waals surface area contributed by atoms with Gasteiger partial charge in [-0.05, 0) is 60.8 Å². The predicted octanol–water partition coefficient (Wildman–Crippen LogP) is 5.74. The van der Waals surface area contributed by atoms with E-state index in [1.807, 2.05) is 60.8 Å². The van der Waals surface area contributed by atoms with Gasteiger partial charge < -0.3 is 15.4 Å². The number of benzene rings is 2. The molecule has 6 nitrogen and oxygen atoms in total. The zero-order chi connectivity index (χ0) is 21.8. The Kier molecular flexibility index (Phi) is 6.55. The number of methoxy groups -OCH3 is 1. The molecule has 0 saturated carbocycles. The zero-order valence-electron chi connectivity index (χ0n) is 16.7. The van der Waals surface area contributed by atoms with Crippen molar-refractivity contribution < 1.29 is 14.3 Å². The molecule has 0 aliphatic heterocycles. The van der Waals surface area contributed by atoms with Crippen LogP contribution in [0.4, 0.5) is 10.8 Å². The number of thiazole rings is 1. The number of hydrogen-bond acceptors (Lipinski definition) is 7. The Morgan fingerprint density at radius 2 is 1.90 bits per heavy atom. The van der Waals surface area contributed by atoms with Crippen LogP contribution in [0.15, 0.2) is 64.9 Å². The second-order valence-electron chi connectivity index (χ2n) is 6.56. The minimum Gasteiger partial charge on any atom is -0.497 e. The molecule has 4 rings (SSSR count). The molecule has 2 aromatic heterocycles. The van der Waals surface area contributed by atoms with Gasteiger partial charge in [0.15, 0.2) is 5.13 Å². The van der Waals surface area contributed by atoms with Gasteiger partial charge in [0.05, 0.1) is 27.5 Å². The van der Waals surface area contributed by atoms with E-state index in [1.165, 1.54) is 34.4 Å². The summed E-state index contributed by atoms with van der Waals surface area (Å²) < 4.78 is 6.18. The Hall–Kier alpha value is -2.88. The number of fused-ring (bicyclic) bond motifs is 1. The third-order valence-corrected chi connectivity index (χ3v) is 7.28. The molecule has 2 heterocycles. The van der Waals surface area contributed by atoms with E-state index in [-0.39, 0.29) is 17.1 Å². The monoisotopic (exact) mass is 469 g/mol. The average molecular weight is 470 g/mol. The molecular formula is C22H19N3O3S3. The second kappa shape index (κ2) is 9.51. The van der Waals surface area contributed by atoms with Crippen LogP contribution in [-0.2, 0) is 4.79 Å². The summed E-state index contributed by atoms with van der Waals surface area (Å²) in [6, 6.07) is 16.7. The summed E-state index contributed by atoms with van der Waals surface area (Å²) in [7, 11) is 1.62. The molecule has 1 atom stereocenters. The van der Waals surface area contributed by atoms with E-state index in [4.69, 9.17) is 4.74 Å². The fraction of sp³-hybridized carbons (Fsp3) is 0.136. The molecule has 0 bridgehead atoms. The topological polar surface area (TPSA) is 80.3 Å². The Bertz CT molecular complexity index is 1200. The molecule has 1 unspecified atom stereocenters. The minimum atomic E-state index is -0.312. The number of thiophene rings is 1. The summed E-state index contributed by atoms with van der Waals surface area (Å²) in [6.07, 6.45) is 0. The first-order valence-electron chi connectivity index (χ1n) is 9.39. The first-order valence-corrected chi connectivity index (χ1v) is 12.0. The molecular weight excluding hydrogens is 450 g/mol. The number of nitrogens with one attached hydrogen (secondary N) is 2. The summed E-state index contributed by atoms with van der Waals surface area (Å²) in [6.45, 7) is 1.85. The summed E-state index contributed by atoms with van der Waals surface area (Å²) in [5.74, 6) is 0.510. The number of aromatic nitrogens is 1. The smallest absolute Gasteiger partial charge is 0.265 e. The van der Waals surface area contributed by atoms with Gasteiger partial charge in [-0.1, -0.05) is 17.4 Å². The quantitative estimate of drug-likeness (QED) is 0.338. The third kappa shape index (κ3) is 5.25. The molecule has 2 amide bonds. The van der Waals surface area contributed by atoms with E-state index in [9.17, 15) is 9.59 Å². The van der Waals surface area contributed by atoms with Crippen molar-refractivity contribution in [3.8, 4) is 5.75 Å². The Morgan fingerprint density at radius 3 is 2.61 bits per heavy atom. The van der Waals surface area contributed by atoms with Crippen LogP contribution in [-0.4, -0.2) is 29.2 Å². The minimum absolute atomic E-state index is 0.119. The van der Waals surface area contributed by atoms with Crippen LogP contribution in [0.2, 0.25) is 0 Å². The van der Waals surface area contributed by atoms with Crippen molar-refractivity contribution in [2.75, 3.05) is 17.7 Å². The molecule has 0 fully saturated rings. The molecule has 2 N–H and O–H groups in total. The lowest BCUT2D eigenvalue weighted by Crippen LogP contribution is -2.22. The lowest BCUT2D eigenvalue weighted by molar-refractivity contribution is -0.115. The number of nitrogens with zero attached hydrogens (tertiary/aromatic N) is 1. The van der Waals surface area contributed by atoms with E-state index in [0.717, 1.165) is 20.9 Å². The molecule has 31 heavy (non-hydrogen) atoms. The van der Waals surface area contributed by atoms with E-state index >= 15 is 0 Å². The van der Waals surface area contributed by atoms with Gasteiger partial charge >= 0.3 is 0 Å². The molecule has 0 radical (unpaired) electrons. The Balaban J connectivity index is 1.34. The largest absolute Gasteiger partial charge is 0.497 e. The Labute approximate surface area is 191 Å². The van der Waals surface area contributed by atoms with E-state index < -0.39 is 0 Å². The van der Waals surface area contributed by atoms with Gasteiger partial charge in [0.2, 0.25) is 5.91 Å². The van der Waals surface area contributed by atoms with Crippen LogP contribution >= 0.6 is 34.4 Å². The highest BCUT2D eigenvalue weighted by Crippen LogP contribution is 2.30. The molecule has 0 saturated heterocycles. The van der Waals surface area contributed by atoms with E-state index in [2.05, 4.69) is 15.6 Å². The van der Waals surface area contributed by atoms with Gasteiger partial charge in [-0.3, -0.25) is 9.59 Å². The van der Waals surface area contributed by atoms with Gasteiger partial charge in [-0.15, -0.1) is 23.1 Å². The summed E-state index contributed by atoms with van der Waals surface area (Å²) in [5.41, 5.74) is 1.53. The van der Waals surface area contributed by atoms with E-state index in [0.29, 0.717) is 15.7 Å². The van der Waals surface area contributed by atoms with Crippen molar-refractivity contribution in [3.63, 3.8) is 0 Å². The van der Waals surface area contributed by atoms with Crippen molar-refractivity contribution in [2.45, 2.75) is 17.1 Å². The maximum Gasteiger partial charge on any atom is 0.265 e. The number of rotatable bonds is 7. The lowest BCUT2D eigenvalue weighted by atomic mass is 10.3. The molecule has 9 heteroatoms. The highest BCUT2D eigenvalue weighted by molar-refractivity contribution is 8.00. The number of ether oxygens (including phenoxy) is 1. The predicted molar refractivity (Wildman–Crippen MR) is 129 cm³/mol. The van der Waals surface area contributed by atoms with Crippen molar-refractivity contribution in [3.05, 3.63) is 64.9 Å². The van der Waals surface area contributed by atoms with Crippen molar-refractivity contribution in [2.24, 2.45) is 0 Å². The van der Waals surface area contributed by atoms with Gasteiger partial charge in [0.1, 0.15) is 5.75 Å². The van der Waals surface area contributed by atoms with Crippen LogP contribution < -0.4 is 15.4 Å². The highest BCUT2D eigenvalue weighted by atomic mass is 32.2. The van der Waals surface area contributed by atoms with Gasteiger partial charge in [0, 0.05) is 10.6 Å². The standard InChI is InChI=1S/C22H19N3O3S3/c1-13(20(26)25-22-24-17-10-7-15(28-2)12-19(17)31-22)30-16-8-5-14(6-9-16)23-21(27)18-4-3-11-29-18/h3-13H,1-2H3,(H,23,27)(H,24,25,26). The van der Waals surface area contributed by atoms with Crippen LogP contribution in [0.25, 0.3) is 10.2 Å². The normalized spacial score (nSPS) is 11.8. The lowest BCUT2D eigenvalue weighted by Gasteiger charge is -2.11.